The lowest BCUT2D eigenvalue weighted by Crippen LogP contribution is -2.19. The molecule has 92 valence electrons. The van der Waals surface area contributed by atoms with E-state index in [4.69, 9.17) is 5.73 Å². The number of hydrogen-bond donors (Lipinski definition) is 2. The van der Waals surface area contributed by atoms with Gasteiger partial charge in [0.15, 0.2) is 0 Å². The zero-order valence-electron chi connectivity index (χ0n) is 10.7. The van der Waals surface area contributed by atoms with E-state index in [9.17, 15) is 0 Å². The van der Waals surface area contributed by atoms with Crippen LogP contribution in [-0.4, -0.2) is 17.7 Å². The third-order valence-electron chi connectivity index (χ3n) is 3.36. The minimum atomic E-state index is 0.751. The molecular weight excluding hydrogens is 210 g/mol. The lowest BCUT2D eigenvalue weighted by Gasteiger charge is -2.07. The minimum Gasteiger partial charge on any atom is -0.346 e. The van der Waals surface area contributed by atoms with Crippen molar-refractivity contribution in [1.82, 2.24) is 9.88 Å². The van der Waals surface area contributed by atoms with Crippen LogP contribution in [0.15, 0.2) is 24.3 Å². The van der Waals surface area contributed by atoms with E-state index in [1.165, 1.54) is 22.2 Å². The molecule has 0 fully saturated rings. The SMILES string of the molecule is Cc1c(CNCCCN)n(C)c2ccccc12. The van der Waals surface area contributed by atoms with Crippen molar-refractivity contribution in [3.63, 3.8) is 0 Å². The fraction of sp³-hybridized carbons (Fsp3) is 0.429. The normalized spacial score (nSPS) is 11.2. The van der Waals surface area contributed by atoms with Crippen molar-refractivity contribution in [3.05, 3.63) is 35.5 Å². The van der Waals surface area contributed by atoms with Crippen molar-refractivity contribution in [3.8, 4) is 0 Å². The van der Waals surface area contributed by atoms with Crippen LogP contribution in [0.5, 0.6) is 0 Å². The number of benzene rings is 1. The summed E-state index contributed by atoms with van der Waals surface area (Å²) >= 11 is 0. The lowest BCUT2D eigenvalue weighted by atomic mass is 10.1. The largest absolute Gasteiger partial charge is 0.346 e. The fourth-order valence-electron chi connectivity index (χ4n) is 2.32. The Morgan fingerprint density at radius 1 is 1.29 bits per heavy atom. The highest BCUT2D eigenvalue weighted by atomic mass is 15.0. The first-order chi connectivity index (χ1) is 8.25. The highest BCUT2D eigenvalue weighted by Crippen LogP contribution is 2.24. The van der Waals surface area contributed by atoms with E-state index in [-0.39, 0.29) is 0 Å². The first-order valence-corrected chi connectivity index (χ1v) is 6.19. The van der Waals surface area contributed by atoms with E-state index in [1.54, 1.807) is 0 Å². The topological polar surface area (TPSA) is 43.0 Å². The summed E-state index contributed by atoms with van der Waals surface area (Å²) in [5, 5.41) is 4.80. The van der Waals surface area contributed by atoms with Gasteiger partial charge >= 0.3 is 0 Å². The fourth-order valence-corrected chi connectivity index (χ4v) is 2.32. The van der Waals surface area contributed by atoms with Crippen LogP contribution in [0.4, 0.5) is 0 Å². The summed E-state index contributed by atoms with van der Waals surface area (Å²) in [6, 6.07) is 8.55. The Bertz CT molecular complexity index is 460. The highest BCUT2D eigenvalue weighted by molar-refractivity contribution is 5.85. The molecule has 0 unspecified atom stereocenters. The van der Waals surface area contributed by atoms with E-state index in [0.29, 0.717) is 0 Å². The van der Waals surface area contributed by atoms with Gasteiger partial charge in [0.1, 0.15) is 0 Å². The molecule has 1 heterocycles. The number of hydrogen-bond acceptors (Lipinski definition) is 2. The first kappa shape index (κ1) is 12.1. The summed E-state index contributed by atoms with van der Waals surface area (Å²) in [7, 11) is 2.13. The number of nitrogens with two attached hydrogens (primary N) is 1. The predicted molar refractivity (Wildman–Crippen MR) is 73.0 cm³/mol. The highest BCUT2D eigenvalue weighted by Gasteiger charge is 2.09. The first-order valence-electron chi connectivity index (χ1n) is 6.19. The van der Waals surface area contributed by atoms with Gasteiger partial charge in [0.2, 0.25) is 0 Å². The van der Waals surface area contributed by atoms with Gasteiger partial charge < -0.3 is 15.6 Å². The second kappa shape index (κ2) is 5.34. The number of rotatable bonds is 5. The molecule has 0 spiro atoms. The molecule has 0 radical (unpaired) electrons. The minimum absolute atomic E-state index is 0.751. The molecule has 0 aliphatic rings. The Balaban J connectivity index is 2.22. The molecule has 2 aromatic rings. The number of aromatic nitrogens is 1. The Morgan fingerprint density at radius 2 is 2.06 bits per heavy atom. The average Bonchev–Trinajstić information content (AvgIpc) is 2.60. The zero-order valence-corrected chi connectivity index (χ0v) is 10.7. The molecule has 3 heteroatoms. The third kappa shape index (κ3) is 2.35. The third-order valence-corrected chi connectivity index (χ3v) is 3.36. The summed E-state index contributed by atoms with van der Waals surface area (Å²) < 4.78 is 2.28. The zero-order chi connectivity index (χ0) is 12.3. The molecule has 3 nitrogen and oxygen atoms in total. The van der Waals surface area contributed by atoms with Crippen molar-refractivity contribution < 1.29 is 0 Å². The molecule has 0 atom stereocenters. The lowest BCUT2D eigenvalue weighted by molar-refractivity contribution is 0.631. The molecular formula is C14H21N3. The molecule has 0 saturated heterocycles. The van der Waals surface area contributed by atoms with Gasteiger partial charge in [0, 0.05) is 30.2 Å². The molecule has 17 heavy (non-hydrogen) atoms. The van der Waals surface area contributed by atoms with Crippen LogP contribution < -0.4 is 11.1 Å². The molecule has 0 aliphatic carbocycles. The van der Waals surface area contributed by atoms with Gasteiger partial charge in [0.25, 0.3) is 0 Å². The Labute approximate surface area is 103 Å². The van der Waals surface area contributed by atoms with Crippen LogP contribution in [0.3, 0.4) is 0 Å². The predicted octanol–water partition coefficient (Wildman–Crippen LogP) is 1.93. The summed E-state index contributed by atoms with van der Waals surface area (Å²) in [5.41, 5.74) is 9.53. The van der Waals surface area contributed by atoms with Crippen LogP contribution >= 0.6 is 0 Å². The molecule has 1 aromatic carbocycles. The van der Waals surface area contributed by atoms with Gasteiger partial charge in [-0.3, -0.25) is 0 Å². The van der Waals surface area contributed by atoms with Crippen LogP contribution in [0.25, 0.3) is 10.9 Å². The Morgan fingerprint density at radius 3 is 2.76 bits per heavy atom. The van der Waals surface area contributed by atoms with Crippen LogP contribution in [0, 0.1) is 6.92 Å². The van der Waals surface area contributed by atoms with Crippen LogP contribution in [-0.2, 0) is 13.6 Å². The standard InChI is InChI=1S/C14H21N3/c1-11-12-6-3-4-7-13(12)17(2)14(11)10-16-9-5-8-15/h3-4,6-7,16H,5,8-10,15H2,1-2H3. The second-order valence-electron chi connectivity index (χ2n) is 4.47. The van der Waals surface area contributed by atoms with Gasteiger partial charge in [-0.25, -0.2) is 0 Å². The molecule has 0 amide bonds. The quantitative estimate of drug-likeness (QED) is 0.772. The molecule has 3 N–H and O–H groups in total. The maximum absolute atomic E-state index is 5.48. The summed E-state index contributed by atoms with van der Waals surface area (Å²) in [4.78, 5) is 0. The van der Waals surface area contributed by atoms with E-state index in [1.807, 2.05) is 0 Å². The summed E-state index contributed by atoms with van der Waals surface area (Å²) in [6.45, 7) is 4.85. The van der Waals surface area contributed by atoms with Gasteiger partial charge in [0.05, 0.1) is 0 Å². The van der Waals surface area contributed by atoms with Crippen molar-refractivity contribution in [1.29, 1.82) is 0 Å². The molecule has 0 saturated carbocycles. The number of fused-ring (bicyclic) bond motifs is 1. The van der Waals surface area contributed by atoms with Gasteiger partial charge in [-0.15, -0.1) is 0 Å². The van der Waals surface area contributed by atoms with Crippen molar-refractivity contribution in [2.45, 2.75) is 19.9 Å². The maximum Gasteiger partial charge on any atom is 0.0483 e. The van der Waals surface area contributed by atoms with Crippen molar-refractivity contribution >= 4 is 10.9 Å². The molecule has 0 aliphatic heterocycles. The average molecular weight is 231 g/mol. The van der Waals surface area contributed by atoms with E-state index >= 15 is 0 Å². The van der Waals surface area contributed by atoms with Crippen LogP contribution in [0.2, 0.25) is 0 Å². The molecule has 1 aromatic heterocycles. The van der Waals surface area contributed by atoms with Crippen LogP contribution in [0.1, 0.15) is 17.7 Å². The van der Waals surface area contributed by atoms with Crippen molar-refractivity contribution in [2.75, 3.05) is 13.1 Å². The molecule has 0 bridgehead atoms. The number of nitrogens with zero attached hydrogens (tertiary/aromatic N) is 1. The Kier molecular flexibility index (Phi) is 3.82. The van der Waals surface area contributed by atoms with E-state index < -0.39 is 0 Å². The number of nitrogens with one attached hydrogen (secondary N) is 1. The van der Waals surface area contributed by atoms with E-state index in [2.05, 4.69) is 48.1 Å². The number of para-hydroxylation sites is 1. The summed E-state index contributed by atoms with van der Waals surface area (Å²) in [6.07, 6.45) is 1.03. The van der Waals surface area contributed by atoms with Gasteiger partial charge in [-0.1, -0.05) is 18.2 Å². The monoisotopic (exact) mass is 231 g/mol. The van der Waals surface area contributed by atoms with Gasteiger partial charge in [-0.2, -0.15) is 0 Å². The van der Waals surface area contributed by atoms with Gasteiger partial charge in [-0.05, 0) is 38.1 Å². The Hall–Kier alpha value is -1.32. The second-order valence-corrected chi connectivity index (χ2v) is 4.47. The van der Waals surface area contributed by atoms with Crippen molar-refractivity contribution in [2.24, 2.45) is 12.8 Å². The van der Waals surface area contributed by atoms with E-state index in [0.717, 1.165) is 26.1 Å². The number of aryl methyl sites for hydroxylation is 2. The molecule has 2 rings (SSSR count). The smallest absolute Gasteiger partial charge is 0.0483 e. The summed E-state index contributed by atoms with van der Waals surface area (Å²) in [5.74, 6) is 0. The maximum atomic E-state index is 5.48.